The third kappa shape index (κ3) is 8.61. The van der Waals surface area contributed by atoms with E-state index in [9.17, 15) is 14.7 Å². The molecule has 1 saturated heterocycles. The van der Waals surface area contributed by atoms with Gasteiger partial charge in [-0.25, -0.2) is 4.79 Å². The number of ether oxygens (including phenoxy) is 3. The van der Waals surface area contributed by atoms with E-state index < -0.39 is 18.3 Å². The Kier molecular flexibility index (Phi) is 10.9. The molecule has 9 nitrogen and oxygen atoms in total. The number of nitrogens with one attached hydrogen (secondary N) is 2. The van der Waals surface area contributed by atoms with Gasteiger partial charge >= 0.3 is 12.0 Å². The summed E-state index contributed by atoms with van der Waals surface area (Å²) in [7, 11) is 2.09. The predicted octanol–water partition coefficient (Wildman–Crippen LogP) is 4.79. The van der Waals surface area contributed by atoms with Gasteiger partial charge in [0.15, 0.2) is 6.29 Å². The van der Waals surface area contributed by atoms with Crippen LogP contribution in [0.5, 0.6) is 0 Å². The third-order valence-electron chi connectivity index (χ3n) is 7.05. The van der Waals surface area contributed by atoms with Crippen LogP contribution >= 0.6 is 0 Å². The van der Waals surface area contributed by atoms with Crippen molar-refractivity contribution in [2.24, 2.45) is 5.92 Å². The van der Waals surface area contributed by atoms with Crippen molar-refractivity contribution in [1.29, 1.82) is 0 Å². The Bertz CT molecular complexity index is 1250. The number of likely N-dealkylation sites (N-methyl/N-ethyl adjacent to an activating group) is 1. The molecule has 4 atom stereocenters. The van der Waals surface area contributed by atoms with E-state index in [-0.39, 0.29) is 37.9 Å². The van der Waals surface area contributed by atoms with E-state index in [2.05, 4.69) is 41.6 Å². The van der Waals surface area contributed by atoms with Crippen LogP contribution in [0.25, 0.3) is 0 Å². The first-order valence-corrected chi connectivity index (χ1v) is 13.9. The summed E-state index contributed by atoms with van der Waals surface area (Å²) in [6.45, 7) is 5.40. The maximum atomic E-state index is 12.2. The predicted molar refractivity (Wildman–Crippen MR) is 156 cm³/mol. The highest BCUT2D eigenvalue weighted by molar-refractivity contribution is 5.91. The molecule has 0 aliphatic carbocycles. The number of carbonyl (C=O) groups is 2. The van der Waals surface area contributed by atoms with Gasteiger partial charge in [0, 0.05) is 30.3 Å². The number of nitrogens with zero attached hydrogens (tertiary/aromatic N) is 1. The molecule has 41 heavy (non-hydrogen) atoms. The number of urea groups is 1. The summed E-state index contributed by atoms with van der Waals surface area (Å²) < 4.78 is 17.9. The van der Waals surface area contributed by atoms with Crippen molar-refractivity contribution in [2.45, 2.75) is 45.5 Å². The van der Waals surface area contributed by atoms with Gasteiger partial charge in [0.25, 0.3) is 0 Å². The van der Waals surface area contributed by atoms with Crippen LogP contribution in [0.2, 0.25) is 0 Å². The van der Waals surface area contributed by atoms with Crippen molar-refractivity contribution in [3.8, 4) is 0 Å². The number of carbonyl (C=O) groups excluding carboxylic acids is 2. The van der Waals surface area contributed by atoms with Gasteiger partial charge in [0.05, 0.1) is 25.4 Å². The zero-order chi connectivity index (χ0) is 29.2. The average molecular weight is 562 g/mol. The first-order chi connectivity index (χ1) is 19.9. The van der Waals surface area contributed by atoms with Crippen LogP contribution < -0.4 is 10.6 Å². The number of esters is 1. The van der Waals surface area contributed by atoms with E-state index in [1.807, 2.05) is 54.6 Å². The van der Waals surface area contributed by atoms with E-state index in [0.29, 0.717) is 12.2 Å². The molecule has 0 bridgehead atoms. The summed E-state index contributed by atoms with van der Waals surface area (Å²) in [6.07, 6.45) is -0.949. The quantitative estimate of drug-likeness (QED) is 0.289. The van der Waals surface area contributed by atoms with Gasteiger partial charge in [-0.1, -0.05) is 73.7 Å². The van der Waals surface area contributed by atoms with Gasteiger partial charge in [-0.3, -0.25) is 9.69 Å². The maximum absolute atomic E-state index is 12.2. The van der Waals surface area contributed by atoms with Crippen LogP contribution in [-0.4, -0.2) is 54.9 Å². The molecule has 4 unspecified atom stereocenters. The third-order valence-corrected chi connectivity index (χ3v) is 7.05. The van der Waals surface area contributed by atoms with Gasteiger partial charge in [0.1, 0.15) is 6.54 Å². The minimum Gasteiger partial charge on any atom is -0.465 e. The van der Waals surface area contributed by atoms with E-state index in [0.717, 1.165) is 23.2 Å². The van der Waals surface area contributed by atoms with Crippen molar-refractivity contribution in [1.82, 2.24) is 10.2 Å². The summed E-state index contributed by atoms with van der Waals surface area (Å²) in [5.41, 5.74) is 4.49. The highest BCUT2D eigenvalue weighted by Gasteiger charge is 2.38. The zero-order valence-corrected chi connectivity index (χ0v) is 23.8. The maximum Gasteiger partial charge on any atom is 0.325 e. The molecule has 4 rings (SSSR count). The second-order valence-electron chi connectivity index (χ2n) is 10.2. The van der Waals surface area contributed by atoms with Crippen LogP contribution in [-0.2, 0) is 32.2 Å². The zero-order valence-electron chi connectivity index (χ0n) is 23.8. The Hall–Kier alpha value is -3.76. The molecule has 3 aromatic rings. The van der Waals surface area contributed by atoms with Crippen molar-refractivity contribution in [3.05, 3.63) is 101 Å². The van der Waals surface area contributed by atoms with Crippen LogP contribution in [0.3, 0.4) is 0 Å². The van der Waals surface area contributed by atoms with Crippen molar-refractivity contribution in [2.75, 3.05) is 32.1 Å². The molecule has 1 aliphatic rings. The second kappa shape index (κ2) is 14.7. The lowest BCUT2D eigenvalue weighted by molar-refractivity contribution is -0.276. The van der Waals surface area contributed by atoms with Crippen molar-refractivity contribution in [3.63, 3.8) is 0 Å². The fourth-order valence-corrected chi connectivity index (χ4v) is 4.86. The van der Waals surface area contributed by atoms with Gasteiger partial charge in [-0.2, -0.15) is 0 Å². The fraction of sp³-hybridized carbons (Fsp3) is 0.375. The molecule has 0 saturated carbocycles. The number of aliphatic hydroxyl groups excluding tert-OH is 1. The minimum atomic E-state index is -0.615. The first kappa shape index (κ1) is 30.2. The molecule has 0 spiro atoms. The average Bonchev–Trinajstić information content (AvgIpc) is 2.98. The Morgan fingerprint density at radius 1 is 0.927 bits per heavy atom. The molecule has 1 aliphatic heterocycles. The summed E-state index contributed by atoms with van der Waals surface area (Å²) in [5.74, 6) is -0.433. The van der Waals surface area contributed by atoms with E-state index in [1.54, 1.807) is 19.1 Å². The molecular formula is C32H39N3O6. The van der Waals surface area contributed by atoms with Gasteiger partial charge in [-0.15, -0.1) is 0 Å². The normalized spacial score (nSPS) is 20.4. The lowest BCUT2D eigenvalue weighted by Gasteiger charge is -2.42. The van der Waals surface area contributed by atoms with Crippen molar-refractivity contribution < 1.29 is 28.9 Å². The van der Waals surface area contributed by atoms with Gasteiger partial charge in [-0.05, 0) is 42.8 Å². The number of amides is 2. The molecule has 0 radical (unpaired) electrons. The highest BCUT2D eigenvalue weighted by atomic mass is 16.7. The van der Waals surface area contributed by atoms with Crippen LogP contribution in [0.15, 0.2) is 78.9 Å². The molecular weight excluding hydrogens is 522 g/mol. The molecule has 1 heterocycles. The SMILES string of the molecule is CCOC(=O)CNC(=O)Nc1ccc(C2OC(CN(C)Cc3ccccc3)C(C)C(c3ccc(CO)cc3)O2)cc1. The number of anilines is 1. The topological polar surface area (TPSA) is 109 Å². The lowest BCUT2D eigenvalue weighted by Crippen LogP contribution is -2.43. The molecule has 2 amide bonds. The van der Waals surface area contributed by atoms with E-state index in [4.69, 9.17) is 14.2 Å². The van der Waals surface area contributed by atoms with Crippen LogP contribution in [0.1, 0.15) is 48.5 Å². The molecule has 3 aromatic carbocycles. The Labute approximate surface area is 241 Å². The summed E-state index contributed by atoms with van der Waals surface area (Å²) in [6, 6.07) is 24.9. The number of benzene rings is 3. The summed E-state index contributed by atoms with van der Waals surface area (Å²) >= 11 is 0. The molecule has 3 N–H and O–H groups in total. The molecule has 9 heteroatoms. The van der Waals surface area contributed by atoms with Crippen LogP contribution in [0.4, 0.5) is 10.5 Å². The summed E-state index contributed by atoms with van der Waals surface area (Å²) in [4.78, 5) is 25.9. The Balaban J connectivity index is 1.47. The van der Waals surface area contributed by atoms with Crippen molar-refractivity contribution >= 4 is 17.7 Å². The van der Waals surface area contributed by atoms with Gasteiger partial charge < -0.3 is 30.0 Å². The number of hydrogen-bond acceptors (Lipinski definition) is 7. The summed E-state index contributed by atoms with van der Waals surface area (Å²) in [5, 5.41) is 14.7. The Morgan fingerprint density at radius 2 is 1.61 bits per heavy atom. The van der Waals surface area contributed by atoms with E-state index in [1.165, 1.54) is 5.56 Å². The molecule has 0 aromatic heterocycles. The minimum absolute atomic E-state index is 0.0127. The fourth-order valence-electron chi connectivity index (χ4n) is 4.86. The monoisotopic (exact) mass is 561 g/mol. The van der Waals surface area contributed by atoms with E-state index >= 15 is 0 Å². The van der Waals surface area contributed by atoms with Gasteiger partial charge in [0.2, 0.25) is 0 Å². The number of rotatable bonds is 11. The Morgan fingerprint density at radius 3 is 2.27 bits per heavy atom. The number of aliphatic hydroxyl groups is 1. The standard InChI is InChI=1S/C32H39N3O6/c1-4-39-29(37)18-33-32(38)34-27-16-14-26(15-17-27)31-40-28(20-35(3)19-23-8-6-5-7-9-23)22(2)30(41-31)25-12-10-24(21-36)11-13-25/h5-17,22,28,30-31,36H,4,18-21H2,1-3H3,(H2,33,34,38). The van der Waals surface area contributed by atoms with Crippen LogP contribution in [0, 0.1) is 5.92 Å². The molecule has 1 fully saturated rings. The second-order valence-corrected chi connectivity index (χ2v) is 10.2. The molecule has 218 valence electrons. The first-order valence-electron chi connectivity index (χ1n) is 13.9. The highest BCUT2D eigenvalue weighted by Crippen LogP contribution is 2.42. The number of hydrogen-bond donors (Lipinski definition) is 3. The smallest absolute Gasteiger partial charge is 0.325 e. The lowest BCUT2D eigenvalue weighted by atomic mass is 9.90. The largest absolute Gasteiger partial charge is 0.465 e.